The fourth-order valence-corrected chi connectivity index (χ4v) is 1.73. The van der Waals surface area contributed by atoms with Crippen LogP contribution in [0.3, 0.4) is 0 Å². The first-order chi connectivity index (χ1) is 6.29. The van der Waals surface area contributed by atoms with Crippen molar-refractivity contribution >= 4 is 5.91 Å². The van der Waals surface area contributed by atoms with Crippen LogP contribution in [-0.4, -0.2) is 37.0 Å². The Morgan fingerprint density at radius 1 is 1.69 bits per heavy atom. The molecule has 13 heavy (non-hydrogen) atoms. The molecule has 0 radical (unpaired) electrons. The zero-order valence-electron chi connectivity index (χ0n) is 8.26. The minimum absolute atomic E-state index is 0.0275. The zero-order chi connectivity index (χ0) is 9.68. The van der Waals surface area contributed by atoms with Gasteiger partial charge in [-0.2, -0.15) is 0 Å². The lowest BCUT2D eigenvalue weighted by Crippen LogP contribution is -2.40. The number of nitrogens with one attached hydrogen (secondary N) is 1. The van der Waals surface area contributed by atoms with E-state index in [0.29, 0.717) is 6.04 Å². The summed E-state index contributed by atoms with van der Waals surface area (Å²) in [7, 11) is 1.91. The highest BCUT2D eigenvalue weighted by atomic mass is 16.2. The first-order valence-electron chi connectivity index (χ1n) is 4.67. The number of hydrogen-bond donors (Lipinski definition) is 1. The van der Waals surface area contributed by atoms with Gasteiger partial charge in [-0.25, -0.2) is 0 Å². The number of rotatable bonds is 2. The first kappa shape index (κ1) is 10.1. The van der Waals surface area contributed by atoms with Crippen LogP contribution < -0.4 is 5.32 Å². The quantitative estimate of drug-likeness (QED) is 0.617. The van der Waals surface area contributed by atoms with E-state index in [4.69, 9.17) is 0 Å². The lowest BCUT2D eigenvalue weighted by molar-refractivity contribution is -0.125. The molecule has 1 unspecified atom stereocenters. The Morgan fingerprint density at radius 3 is 3.08 bits per heavy atom. The standard InChI is InChI=1S/C10H16N2O/c1-3-5-10(13)12-7-4-6-9(12)8-11-2/h9,11H,4,6-8H2,1-2H3. The summed E-state index contributed by atoms with van der Waals surface area (Å²) in [5.74, 6) is 5.20. The van der Waals surface area contributed by atoms with E-state index in [2.05, 4.69) is 17.2 Å². The molecular formula is C10H16N2O. The molecule has 3 heteroatoms. The minimum atomic E-state index is -0.0275. The average molecular weight is 180 g/mol. The normalized spacial score (nSPS) is 21.1. The van der Waals surface area contributed by atoms with Gasteiger partial charge in [0.2, 0.25) is 0 Å². The van der Waals surface area contributed by atoms with Gasteiger partial charge >= 0.3 is 0 Å². The number of likely N-dealkylation sites (tertiary alicyclic amines) is 1. The van der Waals surface area contributed by atoms with E-state index in [1.807, 2.05) is 11.9 Å². The Bertz CT molecular complexity index is 239. The molecule has 0 aromatic rings. The molecular weight excluding hydrogens is 164 g/mol. The third-order valence-corrected chi connectivity index (χ3v) is 2.31. The molecule has 0 aromatic carbocycles. The third kappa shape index (κ3) is 2.46. The van der Waals surface area contributed by atoms with Crippen molar-refractivity contribution in [3.05, 3.63) is 0 Å². The van der Waals surface area contributed by atoms with Gasteiger partial charge in [0.05, 0.1) is 0 Å². The second-order valence-corrected chi connectivity index (χ2v) is 3.23. The molecule has 1 amide bonds. The molecule has 1 fully saturated rings. The zero-order valence-corrected chi connectivity index (χ0v) is 8.26. The summed E-state index contributed by atoms with van der Waals surface area (Å²) in [6, 6.07) is 0.346. The number of nitrogens with zero attached hydrogens (tertiary/aromatic N) is 1. The molecule has 1 aliphatic rings. The number of amides is 1. The van der Waals surface area contributed by atoms with Crippen LogP contribution in [-0.2, 0) is 4.79 Å². The highest BCUT2D eigenvalue weighted by Gasteiger charge is 2.26. The van der Waals surface area contributed by atoms with Crippen molar-refractivity contribution in [1.82, 2.24) is 10.2 Å². The second kappa shape index (κ2) is 4.88. The molecule has 1 saturated heterocycles. The summed E-state index contributed by atoms with van der Waals surface area (Å²) in [6.45, 7) is 3.43. The highest BCUT2D eigenvalue weighted by molar-refractivity contribution is 5.93. The minimum Gasteiger partial charge on any atom is -0.328 e. The predicted octanol–water partition coefficient (Wildman–Crippen LogP) is 0.220. The van der Waals surface area contributed by atoms with Gasteiger partial charge in [0.15, 0.2) is 0 Å². The molecule has 0 spiro atoms. The van der Waals surface area contributed by atoms with E-state index in [9.17, 15) is 4.79 Å². The fraction of sp³-hybridized carbons (Fsp3) is 0.700. The Morgan fingerprint density at radius 2 is 2.46 bits per heavy atom. The second-order valence-electron chi connectivity index (χ2n) is 3.23. The average Bonchev–Trinajstić information content (AvgIpc) is 2.54. The van der Waals surface area contributed by atoms with Crippen LogP contribution >= 0.6 is 0 Å². The Labute approximate surface area is 79.5 Å². The SMILES string of the molecule is CC#CC(=O)N1CCCC1CNC. The van der Waals surface area contributed by atoms with E-state index in [-0.39, 0.29) is 5.91 Å². The smallest absolute Gasteiger partial charge is 0.298 e. The summed E-state index contributed by atoms with van der Waals surface area (Å²) in [5, 5.41) is 3.09. The number of likely N-dealkylation sites (N-methyl/N-ethyl adjacent to an activating group) is 1. The summed E-state index contributed by atoms with van der Waals surface area (Å²) in [4.78, 5) is 13.3. The van der Waals surface area contributed by atoms with Crippen LogP contribution in [0.15, 0.2) is 0 Å². The molecule has 1 N–H and O–H groups in total. The molecule has 1 aliphatic heterocycles. The molecule has 0 saturated carbocycles. The van der Waals surface area contributed by atoms with Crippen LogP contribution in [0.5, 0.6) is 0 Å². The Kier molecular flexibility index (Phi) is 3.78. The maximum Gasteiger partial charge on any atom is 0.298 e. The lowest BCUT2D eigenvalue weighted by atomic mass is 10.2. The summed E-state index contributed by atoms with van der Waals surface area (Å²) in [6.07, 6.45) is 2.20. The lowest BCUT2D eigenvalue weighted by Gasteiger charge is -2.21. The van der Waals surface area contributed by atoms with Crippen molar-refractivity contribution in [1.29, 1.82) is 0 Å². The van der Waals surface area contributed by atoms with Crippen molar-refractivity contribution in [3.8, 4) is 11.8 Å². The van der Waals surface area contributed by atoms with Crippen LogP contribution in [0.25, 0.3) is 0 Å². The topological polar surface area (TPSA) is 32.3 Å². The van der Waals surface area contributed by atoms with Gasteiger partial charge in [0.1, 0.15) is 0 Å². The maximum atomic E-state index is 11.5. The number of carbonyl (C=O) groups is 1. The summed E-state index contributed by atoms with van der Waals surface area (Å²) in [5.41, 5.74) is 0. The molecule has 1 atom stereocenters. The van der Waals surface area contributed by atoms with Gasteiger partial charge in [-0.1, -0.05) is 5.92 Å². The predicted molar refractivity (Wildman–Crippen MR) is 52.1 cm³/mol. The Balaban J connectivity index is 2.55. The molecule has 3 nitrogen and oxygen atoms in total. The summed E-state index contributed by atoms with van der Waals surface area (Å²) < 4.78 is 0. The van der Waals surface area contributed by atoms with Gasteiger partial charge < -0.3 is 10.2 Å². The van der Waals surface area contributed by atoms with Gasteiger partial charge in [-0.3, -0.25) is 4.79 Å². The van der Waals surface area contributed by atoms with E-state index in [1.54, 1.807) is 6.92 Å². The Hall–Kier alpha value is -1.01. The molecule has 0 bridgehead atoms. The maximum absolute atomic E-state index is 11.5. The first-order valence-corrected chi connectivity index (χ1v) is 4.67. The largest absolute Gasteiger partial charge is 0.328 e. The van der Waals surface area contributed by atoms with Crippen molar-refractivity contribution in [3.63, 3.8) is 0 Å². The monoisotopic (exact) mass is 180 g/mol. The van der Waals surface area contributed by atoms with Crippen LogP contribution in [0.4, 0.5) is 0 Å². The summed E-state index contributed by atoms with van der Waals surface area (Å²) >= 11 is 0. The molecule has 1 heterocycles. The number of carbonyl (C=O) groups excluding carboxylic acids is 1. The number of hydrogen-bond acceptors (Lipinski definition) is 2. The van der Waals surface area contributed by atoms with E-state index >= 15 is 0 Å². The van der Waals surface area contributed by atoms with Crippen molar-refractivity contribution in [2.24, 2.45) is 0 Å². The molecule has 72 valence electrons. The molecule has 0 aliphatic carbocycles. The van der Waals surface area contributed by atoms with Gasteiger partial charge in [-0.15, -0.1) is 0 Å². The van der Waals surface area contributed by atoms with Gasteiger partial charge in [0.25, 0.3) is 5.91 Å². The fourth-order valence-electron chi connectivity index (χ4n) is 1.73. The van der Waals surface area contributed by atoms with Crippen LogP contribution in [0.1, 0.15) is 19.8 Å². The molecule has 1 rings (SSSR count). The molecule has 0 aromatic heterocycles. The van der Waals surface area contributed by atoms with E-state index in [1.165, 1.54) is 0 Å². The van der Waals surface area contributed by atoms with Gasteiger partial charge in [0, 0.05) is 19.1 Å². The van der Waals surface area contributed by atoms with Crippen LogP contribution in [0, 0.1) is 11.8 Å². The van der Waals surface area contributed by atoms with Crippen molar-refractivity contribution < 1.29 is 4.79 Å². The highest BCUT2D eigenvalue weighted by Crippen LogP contribution is 2.15. The van der Waals surface area contributed by atoms with E-state index < -0.39 is 0 Å². The third-order valence-electron chi connectivity index (χ3n) is 2.31. The van der Waals surface area contributed by atoms with Crippen LogP contribution in [0.2, 0.25) is 0 Å². The van der Waals surface area contributed by atoms with E-state index in [0.717, 1.165) is 25.9 Å². The van der Waals surface area contributed by atoms with Crippen molar-refractivity contribution in [2.75, 3.05) is 20.1 Å². The van der Waals surface area contributed by atoms with Crippen molar-refractivity contribution in [2.45, 2.75) is 25.8 Å². The van der Waals surface area contributed by atoms with Gasteiger partial charge in [-0.05, 0) is 32.7 Å².